The summed E-state index contributed by atoms with van der Waals surface area (Å²) in [5.74, 6) is -3.65. The van der Waals surface area contributed by atoms with Gasteiger partial charge in [-0.25, -0.2) is 14.6 Å². The van der Waals surface area contributed by atoms with Gasteiger partial charge in [0.25, 0.3) is 0 Å². The smallest absolute Gasteiger partial charge is 0.414 e. The molecule has 8 heteroatoms. The van der Waals surface area contributed by atoms with E-state index in [2.05, 4.69) is 92.9 Å². The number of fused-ring (bicyclic) bond motifs is 2. The third-order valence-electron chi connectivity index (χ3n) is 4.98. The van der Waals surface area contributed by atoms with E-state index in [1.54, 1.807) is 0 Å². The zero-order valence-electron chi connectivity index (χ0n) is 18.0. The van der Waals surface area contributed by atoms with Gasteiger partial charge in [-0.1, -0.05) is 64.5 Å². The van der Waals surface area contributed by atoms with E-state index in [9.17, 15) is 0 Å². The van der Waals surface area contributed by atoms with Gasteiger partial charge >= 0.3 is 11.9 Å². The Morgan fingerprint density at radius 1 is 0.879 bits per heavy atom. The Labute approximate surface area is 200 Å². The van der Waals surface area contributed by atoms with Crippen molar-refractivity contribution in [3.05, 3.63) is 88.4 Å². The molecule has 0 atom stereocenters. The van der Waals surface area contributed by atoms with Crippen LogP contribution in [0.2, 0.25) is 0 Å². The lowest BCUT2D eigenvalue weighted by molar-refractivity contribution is -0.159. The molecular formula is C25H24BrN3O4. The highest BCUT2D eigenvalue weighted by molar-refractivity contribution is 9.10. The first kappa shape index (κ1) is 24.2. The minimum atomic E-state index is -1.82. The molecule has 0 radical (unpaired) electrons. The van der Waals surface area contributed by atoms with E-state index in [1.807, 2.05) is 13.1 Å². The van der Waals surface area contributed by atoms with Crippen LogP contribution >= 0.6 is 15.9 Å². The fourth-order valence-corrected chi connectivity index (χ4v) is 3.99. The maximum Gasteiger partial charge on any atom is 0.414 e. The van der Waals surface area contributed by atoms with Crippen LogP contribution in [-0.2, 0) is 9.59 Å². The lowest BCUT2D eigenvalue weighted by atomic mass is 10.00. The second kappa shape index (κ2) is 11.4. The molecule has 4 rings (SSSR count). The summed E-state index contributed by atoms with van der Waals surface area (Å²) in [4.78, 5) is 25.7. The Hall–Kier alpha value is -3.49. The van der Waals surface area contributed by atoms with Gasteiger partial charge in [-0.15, -0.1) is 0 Å². The van der Waals surface area contributed by atoms with E-state index in [0.29, 0.717) is 0 Å². The summed E-state index contributed by atoms with van der Waals surface area (Å²) in [5.41, 5.74) is 6.63. The van der Waals surface area contributed by atoms with Crippen LogP contribution in [0.3, 0.4) is 0 Å². The number of carboxylic acids is 2. The monoisotopic (exact) mass is 509 g/mol. The number of nitrogens with one attached hydrogen (secondary N) is 1. The summed E-state index contributed by atoms with van der Waals surface area (Å²) in [6, 6.07) is 25.3. The first-order valence-corrected chi connectivity index (χ1v) is 11.1. The minimum absolute atomic E-state index is 0.938. The quantitative estimate of drug-likeness (QED) is 0.336. The standard InChI is InChI=1S/C23H22BrN3.C2H2O4/c1-25-15-8-16-27-21-13-6-3-10-18(21)23(17-9-2-4-11-19(17)24)26-20-12-5-7-14-22(20)27;3-1(4)2(5)6/h2-7,9-14,25H,8,15-16H2,1H3;(H,3,4)(H,5,6). The van der Waals surface area contributed by atoms with Gasteiger partial charge in [0.15, 0.2) is 0 Å². The second-order valence-electron chi connectivity index (χ2n) is 7.17. The van der Waals surface area contributed by atoms with E-state index in [1.165, 1.54) is 5.69 Å². The number of anilines is 2. The highest BCUT2D eigenvalue weighted by Gasteiger charge is 2.24. The van der Waals surface area contributed by atoms with Crippen molar-refractivity contribution < 1.29 is 19.8 Å². The molecule has 0 aromatic heterocycles. The van der Waals surface area contributed by atoms with Crippen molar-refractivity contribution in [3.63, 3.8) is 0 Å². The number of carboxylic acid groups (broad SMARTS) is 2. The summed E-state index contributed by atoms with van der Waals surface area (Å²) in [5, 5.41) is 18.0. The predicted octanol–water partition coefficient (Wildman–Crippen LogP) is 4.83. The Morgan fingerprint density at radius 3 is 2.09 bits per heavy atom. The molecule has 3 aromatic carbocycles. The molecule has 0 spiro atoms. The molecule has 0 bridgehead atoms. The van der Waals surface area contributed by atoms with Gasteiger partial charge in [-0.05, 0) is 44.3 Å². The van der Waals surface area contributed by atoms with Crippen LogP contribution in [0.15, 0.2) is 82.3 Å². The number of benzene rings is 3. The number of halogens is 1. The molecule has 0 fully saturated rings. The first-order valence-electron chi connectivity index (χ1n) is 10.3. The first-order chi connectivity index (χ1) is 15.9. The minimum Gasteiger partial charge on any atom is -0.473 e. The Balaban J connectivity index is 0.000000454. The van der Waals surface area contributed by atoms with Crippen molar-refractivity contribution in [2.24, 2.45) is 4.99 Å². The number of nitrogens with zero attached hydrogens (tertiary/aromatic N) is 2. The summed E-state index contributed by atoms with van der Waals surface area (Å²) in [6.07, 6.45) is 1.06. The molecule has 1 aliphatic rings. The highest BCUT2D eigenvalue weighted by atomic mass is 79.9. The van der Waals surface area contributed by atoms with Crippen LogP contribution < -0.4 is 10.2 Å². The zero-order valence-corrected chi connectivity index (χ0v) is 19.6. The number of rotatable bonds is 5. The summed E-state index contributed by atoms with van der Waals surface area (Å²) in [7, 11) is 2.00. The number of aliphatic carboxylic acids is 2. The molecule has 0 amide bonds. The Morgan fingerprint density at radius 2 is 1.45 bits per heavy atom. The van der Waals surface area contributed by atoms with Gasteiger partial charge in [-0.3, -0.25) is 0 Å². The van der Waals surface area contributed by atoms with E-state index in [-0.39, 0.29) is 0 Å². The predicted molar refractivity (Wildman–Crippen MR) is 133 cm³/mol. The Kier molecular flexibility index (Phi) is 8.34. The van der Waals surface area contributed by atoms with E-state index >= 15 is 0 Å². The average molecular weight is 510 g/mol. The molecular weight excluding hydrogens is 486 g/mol. The lowest BCUT2D eigenvalue weighted by Gasteiger charge is -2.26. The van der Waals surface area contributed by atoms with Gasteiger partial charge < -0.3 is 20.4 Å². The van der Waals surface area contributed by atoms with E-state index in [4.69, 9.17) is 24.8 Å². The van der Waals surface area contributed by atoms with Crippen LogP contribution in [0.5, 0.6) is 0 Å². The topological polar surface area (TPSA) is 102 Å². The lowest BCUT2D eigenvalue weighted by Crippen LogP contribution is -2.23. The number of para-hydroxylation sites is 3. The summed E-state index contributed by atoms with van der Waals surface area (Å²) in [6.45, 7) is 1.92. The normalized spacial score (nSPS) is 11.8. The zero-order chi connectivity index (χ0) is 23.8. The van der Waals surface area contributed by atoms with Crippen molar-refractivity contribution in [3.8, 4) is 0 Å². The van der Waals surface area contributed by atoms with Gasteiger partial charge in [0, 0.05) is 22.1 Å². The van der Waals surface area contributed by atoms with Crippen molar-refractivity contribution in [1.82, 2.24) is 5.32 Å². The molecule has 170 valence electrons. The van der Waals surface area contributed by atoms with Crippen molar-refractivity contribution in [1.29, 1.82) is 0 Å². The molecule has 3 N–H and O–H groups in total. The number of hydrogen-bond donors (Lipinski definition) is 3. The molecule has 0 unspecified atom stereocenters. The van der Waals surface area contributed by atoms with Crippen LogP contribution in [0.25, 0.3) is 0 Å². The summed E-state index contributed by atoms with van der Waals surface area (Å²) >= 11 is 3.71. The molecule has 1 aliphatic heterocycles. The van der Waals surface area contributed by atoms with E-state index < -0.39 is 11.9 Å². The fraction of sp³-hybridized carbons (Fsp3) is 0.160. The molecule has 1 heterocycles. The van der Waals surface area contributed by atoms with Gasteiger partial charge in [0.05, 0.1) is 22.8 Å². The fourth-order valence-electron chi connectivity index (χ4n) is 3.52. The number of carbonyl (C=O) groups is 2. The third-order valence-corrected chi connectivity index (χ3v) is 5.67. The van der Waals surface area contributed by atoms with Crippen molar-refractivity contribution >= 4 is 50.6 Å². The largest absolute Gasteiger partial charge is 0.473 e. The summed E-state index contributed by atoms with van der Waals surface area (Å²) < 4.78 is 1.06. The molecule has 3 aromatic rings. The van der Waals surface area contributed by atoms with Gasteiger partial charge in [0.2, 0.25) is 0 Å². The molecule has 0 aliphatic carbocycles. The van der Waals surface area contributed by atoms with Gasteiger partial charge in [-0.2, -0.15) is 0 Å². The maximum atomic E-state index is 9.10. The van der Waals surface area contributed by atoms with Gasteiger partial charge in [0.1, 0.15) is 0 Å². The number of aliphatic imine (C=N–C) groups is 1. The van der Waals surface area contributed by atoms with E-state index in [0.717, 1.165) is 52.2 Å². The molecule has 33 heavy (non-hydrogen) atoms. The SMILES string of the molecule is CNCCCN1c2ccccc2N=C(c2ccccc2Br)c2ccccc21.O=C(O)C(=O)O. The maximum absolute atomic E-state index is 9.10. The molecule has 0 saturated heterocycles. The van der Waals surface area contributed by atoms with Crippen LogP contribution in [0, 0.1) is 0 Å². The second-order valence-corrected chi connectivity index (χ2v) is 8.02. The molecule has 7 nitrogen and oxygen atoms in total. The number of hydrogen-bond acceptors (Lipinski definition) is 5. The van der Waals surface area contributed by atoms with Crippen molar-refractivity contribution in [2.75, 3.05) is 25.0 Å². The average Bonchev–Trinajstić information content (AvgIpc) is 2.95. The third kappa shape index (κ3) is 5.85. The molecule has 0 saturated carbocycles. The van der Waals surface area contributed by atoms with Crippen LogP contribution in [0.1, 0.15) is 17.5 Å². The Bertz CT molecular complexity index is 1170. The highest BCUT2D eigenvalue weighted by Crippen LogP contribution is 2.41. The van der Waals surface area contributed by atoms with Crippen LogP contribution in [-0.4, -0.2) is 48.0 Å². The van der Waals surface area contributed by atoms with Crippen molar-refractivity contribution in [2.45, 2.75) is 6.42 Å². The van der Waals surface area contributed by atoms with Crippen LogP contribution in [0.4, 0.5) is 17.1 Å².